The molecule has 1 aromatic rings. The molecule has 5 heteroatoms. The Morgan fingerprint density at radius 1 is 1.40 bits per heavy atom. The maximum atomic E-state index is 11.5. The van der Waals surface area contributed by atoms with Crippen LogP contribution in [0.15, 0.2) is 24.3 Å². The Hall–Kier alpha value is -1.59. The number of ether oxygens (including phenoxy) is 1. The van der Waals surface area contributed by atoms with Gasteiger partial charge in [-0.1, -0.05) is 12.1 Å². The van der Waals surface area contributed by atoms with Gasteiger partial charge in [-0.25, -0.2) is 0 Å². The molecule has 1 saturated carbocycles. The lowest BCUT2D eigenvalue weighted by Gasteiger charge is -2.14. The SMILES string of the molecule is CC(NCCO)c1ccc(OCC(=O)NC2CC2)cc1. The van der Waals surface area contributed by atoms with E-state index < -0.39 is 0 Å². The van der Waals surface area contributed by atoms with Crippen molar-refractivity contribution >= 4 is 5.91 Å². The molecule has 1 amide bonds. The zero-order valence-electron chi connectivity index (χ0n) is 11.8. The van der Waals surface area contributed by atoms with Gasteiger partial charge < -0.3 is 20.5 Å². The second kappa shape index (κ2) is 7.26. The van der Waals surface area contributed by atoms with Gasteiger partial charge in [0.05, 0.1) is 6.61 Å². The first-order valence-corrected chi connectivity index (χ1v) is 7.05. The minimum absolute atomic E-state index is 0.0606. The van der Waals surface area contributed by atoms with Gasteiger partial charge in [0.2, 0.25) is 0 Å². The Kier molecular flexibility index (Phi) is 5.38. The molecule has 1 atom stereocenters. The van der Waals surface area contributed by atoms with Crippen molar-refractivity contribution in [1.29, 1.82) is 0 Å². The van der Waals surface area contributed by atoms with E-state index in [9.17, 15) is 4.79 Å². The van der Waals surface area contributed by atoms with Gasteiger partial charge in [-0.2, -0.15) is 0 Å². The summed E-state index contributed by atoms with van der Waals surface area (Å²) < 4.78 is 5.44. The molecule has 2 rings (SSSR count). The second-order valence-electron chi connectivity index (χ2n) is 5.10. The van der Waals surface area contributed by atoms with Crippen LogP contribution in [0.4, 0.5) is 0 Å². The van der Waals surface area contributed by atoms with Gasteiger partial charge in [0.25, 0.3) is 5.91 Å². The van der Waals surface area contributed by atoms with Gasteiger partial charge in [0, 0.05) is 18.6 Å². The Labute approximate surface area is 119 Å². The molecule has 1 aromatic carbocycles. The quantitative estimate of drug-likeness (QED) is 0.663. The van der Waals surface area contributed by atoms with E-state index in [1.54, 1.807) is 0 Å². The molecule has 0 aliphatic heterocycles. The van der Waals surface area contributed by atoms with Crippen molar-refractivity contribution in [2.75, 3.05) is 19.8 Å². The molecule has 1 unspecified atom stereocenters. The normalized spacial score (nSPS) is 15.7. The number of hydrogen-bond acceptors (Lipinski definition) is 4. The highest BCUT2D eigenvalue weighted by molar-refractivity contribution is 5.78. The summed E-state index contributed by atoms with van der Waals surface area (Å²) in [5, 5.41) is 14.8. The third kappa shape index (κ3) is 4.83. The van der Waals surface area contributed by atoms with Crippen LogP contribution in [0, 0.1) is 0 Å². The van der Waals surface area contributed by atoms with E-state index >= 15 is 0 Å². The van der Waals surface area contributed by atoms with Crippen LogP contribution in [-0.4, -0.2) is 36.8 Å². The molecule has 0 bridgehead atoms. The van der Waals surface area contributed by atoms with Gasteiger partial charge in [-0.05, 0) is 37.5 Å². The van der Waals surface area contributed by atoms with E-state index in [0.717, 1.165) is 18.4 Å². The van der Waals surface area contributed by atoms with Gasteiger partial charge in [0.1, 0.15) is 5.75 Å². The highest BCUT2D eigenvalue weighted by Gasteiger charge is 2.23. The van der Waals surface area contributed by atoms with Gasteiger partial charge >= 0.3 is 0 Å². The minimum atomic E-state index is -0.0606. The summed E-state index contributed by atoms with van der Waals surface area (Å²) in [6.07, 6.45) is 2.17. The monoisotopic (exact) mass is 278 g/mol. The van der Waals surface area contributed by atoms with Gasteiger partial charge in [-0.3, -0.25) is 4.79 Å². The molecule has 20 heavy (non-hydrogen) atoms. The number of amides is 1. The van der Waals surface area contributed by atoms with Crippen LogP contribution in [0.5, 0.6) is 5.75 Å². The van der Waals surface area contributed by atoms with Crippen LogP contribution >= 0.6 is 0 Å². The van der Waals surface area contributed by atoms with Crippen molar-refractivity contribution in [1.82, 2.24) is 10.6 Å². The van der Waals surface area contributed by atoms with Gasteiger partial charge in [-0.15, -0.1) is 0 Å². The van der Waals surface area contributed by atoms with Crippen LogP contribution in [-0.2, 0) is 4.79 Å². The zero-order chi connectivity index (χ0) is 14.4. The molecule has 1 fully saturated rings. The molecule has 5 nitrogen and oxygen atoms in total. The molecule has 0 saturated heterocycles. The number of aliphatic hydroxyl groups excluding tert-OH is 1. The van der Waals surface area contributed by atoms with E-state index in [0.29, 0.717) is 18.3 Å². The van der Waals surface area contributed by atoms with Gasteiger partial charge in [0.15, 0.2) is 6.61 Å². The third-order valence-electron chi connectivity index (χ3n) is 3.25. The lowest BCUT2D eigenvalue weighted by molar-refractivity contribution is -0.123. The Balaban J connectivity index is 1.76. The van der Waals surface area contributed by atoms with E-state index in [-0.39, 0.29) is 25.2 Å². The highest BCUT2D eigenvalue weighted by atomic mass is 16.5. The lowest BCUT2D eigenvalue weighted by Crippen LogP contribution is -2.30. The summed E-state index contributed by atoms with van der Waals surface area (Å²) in [5.74, 6) is 0.628. The fourth-order valence-corrected chi connectivity index (χ4v) is 1.90. The van der Waals surface area contributed by atoms with Crippen molar-refractivity contribution in [3.63, 3.8) is 0 Å². The largest absolute Gasteiger partial charge is 0.484 e. The summed E-state index contributed by atoms with van der Waals surface area (Å²) in [4.78, 5) is 11.5. The fraction of sp³-hybridized carbons (Fsp3) is 0.533. The van der Waals surface area contributed by atoms with Crippen molar-refractivity contribution in [2.45, 2.75) is 31.8 Å². The predicted molar refractivity (Wildman–Crippen MR) is 76.6 cm³/mol. The first kappa shape index (κ1) is 14.8. The third-order valence-corrected chi connectivity index (χ3v) is 3.25. The van der Waals surface area contributed by atoms with Crippen LogP contribution in [0.25, 0.3) is 0 Å². The summed E-state index contributed by atoms with van der Waals surface area (Å²) in [6.45, 7) is 2.80. The number of rotatable bonds is 8. The molecule has 1 aliphatic carbocycles. The Morgan fingerprint density at radius 2 is 2.10 bits per heavy atom. The van der Waals surface area contributed by atoms with Crippen molar-refractivity contribution in [3.8, 4) is 5.75 Å². The Morgan fingerprint density at radius 3 is 2.70 bits per heavy atom. The first-order chi connectivity index (χ1) is 9.69. The summed E-state index contributed by atoms with van der Waals surface area (Å²) >= 11 is 0. The minimum Gasteiger partial charge on any atom is -0.484 e. The second-order valence-corrected chi connectivity index (χ2v) is 5.10. The average molecular weight is 278 g/mol. The van der Waals surface area contributed by atoms with Crippen LogP contribution in [0.3, 0.4) is 0 Å². The summed E-state index contributed by atoms with van der Waals surface area (Å²) in [7, 11) is 0. The molecule has 110 valence electrons. The van der Waals surface area contributed by atoms with Crippen molar-refractivity contribution < 1.29 is 14.6 Å². The number of carbonyl (C=O) groups is 1. The van der Waals surface area contributed by atoms with E-state index in [1.165, 1.54) is 0 Å². The van der Waals surface area contributed by atoms with Crippen LogP contribution < -0.4 is 15.4 Å². The fourth-order valence-electron chi connectivity index (χ4n) is 1.90. The van der Waals surface area contributed by atoms with E-state index in [2.05, 4.69) is 10.6 Å². The average Bonchev–Trinajstić information content (AvgIpc) is 3.27. The number of benzene rings is 1. The standard InChI is InChI=1S/C15H22N2O3/c1-11(16-8-9-18)12-2-6-14(7-3-12)20-10-15(19)17-13-4-5-13/h2-3,6-7,11,13,16,18H,4-5,8-10H2,1H3,(H,17,19). The van der Waals surface area contributed by atoms with Crippen LogP contribution in [0.2, 0.25) is 0 Å². The molecule has 0 aromatic heterocycles. The molecule has 0 radical (unpaired) electrons. The number of hydrogen-bond donors (Lipinski definition) is 3. The maximum absolute atomic E-state index is 11.5. The topological polar surface area (TPSA) is 70.6 Å². The Bertz CT molecular complexity index is 429. The summed E-state index contributed by atoms with van der Waals surface area (Å²) in [5.41, 5.74) is 1.12. The number of carbonyl (C=O) groups excluding carboxylic acids is 1. The molecular formula is C15H22N2O3. The number of aliphatic hydroxyl groups is 1. The number of nitrogens with one attached hydrogen (secondary N) is 2. The first-order valence-electron chi connectivity index (χ1n) is 7.05. The van der Waals surface area contributed by atoms with Crippen molar-refractivity contribution in [3.05, 3.63) is 29.8 Å². The highest BCUT2D eigenvalue weighted by Crippen LogP contribution is 2.19. The lowest BCUT2D eigenvalue weighted by atomic mass is 10.1. The predicted octanol–water partition coefficient (Wildman–Crippen LogP) is 0.987. The zero-order valence-corrected chi connectivity index (χ0v) is 11.8. The summed E-state index contributed by atoms with van der Waals surface area (Å²) in [6, 6.07) is 8.18. The smallest absolute Gasteiger partial charge is 0.258 e. The maximum Gasteiger partial charge on any atom is 0.258 e. The van der Waals surface area contributed by atoms with E-state index in [4.69, 9.17) is 9.84 Å². The molecule has 0 spiro atoms. The molecule has 3 N–H and O–H groups in total. The molecular weight excluding hydrogens is 256 g/mol. The van der Waals surface area contributed by atoms with Crippen molar-refractivity contribution in [2.24, 2.45) is 0 Å². The molecule has 0 heterocycles. The van der Waals surface area contributed by atoms with Crippen LogP contribution in [0.1, 0.15) is 31.4 Å². The molecule has 1 aliphatic rings. The van der Waals surface area contributed by atoms with E-state index in [1.807, 2.05) is 31.2 Å².